The topological polar surface area (TPSA) is 90.6 Å². The molecule has 0 aromatic carbocycles. The molecule has 2 aromatic rings. The van der Waals surface area contributed by atoms with Crippen LogP contribution in [-0.2, 0) is 0 Å². The number of aromatic amines is 2. The third kappa shape index (κ3) is 2.29. The number of nitrogens with zero attached hydrogens (tertiary/aromatic N) is 1. The lowest BCUT2D eigenvalue weighted by molar-refractivity contribution is 0.102. The highest BCUT2D eigenvalue weighted by molar-refractivity contribution is 6.29. The van der Waals surface area contributed by atoms with Crippen molar-refractivity contribution in [3.63, 3.8) is 0 Å². The van der Waals surface area contributed by atoms with Gasteiger partial charge in [-0.1, -0.05) is 17.7 Å². The molecule has 82 valence electrons. The average molecular weight is 239 g/mol. The zero-order chi connectivity index (χ0) is 11.5. The number of hydrogen-bond acceptors (Lipinski definition) is 3. The molecule has 0 unspecified atom stereocenters. The number of halogens is 1. The first kappa shape index (κ1) is 10.4. The van der Waals surface area contributed by atoms with Crippen LogP contribution >= 0.6 is 11.6 Å². The zero-order valence-electron chi connectivity index (χ0n) is 7.95. The van der Waals surface area contributed by atoms with Gasteiger partial charge in [0.15, 0.2) is 0 Å². The number of amides is 1. The Labute approximate surface area is 94.7 Å². The highest BCUT2D eigenvalue weighted by Gasteiger charge is 2.08. The van der Waals surface area contributed by atoms with Crippen molar-refractivity contribution in [2.75, 3.05) is 5.32 Å². The third-order valence-corrected chi connectivity index (χ3v) is 2.01. The second-order valence-corrected chi connectivity index (χ2v) is 3.34. The number of anilines is 1. The van der Waals surface area contributed by atoms with Gasteiger partial charge in [-0.15, -0.1) is 0 Å². The van der Waals surface area contributed by atoms with E-state index in [4.69, 9.17) is 11.6 Å². The molecule has 0 atom stereocenters. The van der Waals surface area contributed by atoms with Gasteiger partial charge in [-0.3, -0.25) is 4.79 Å². The smallest absolute Gasteiger partial charge is 0.312 e. The summed E-state index contributed by atoms with van der Waals surface area (Å²) >= 11 is 5.65. The standard InChI is InChI=1S/C9H7ClN4O2/c10-6-2-1-3-7(13-6)14-8(15)5-4-11-9(16)12-5/h1-4H,(H2,11,12,16)(H,13,14,15). The number of rotatable bonds is 2. The van der Waals surface area contributed by atoms with Crippen LogP contribution in [-0.4, -0.2) is 20.9 Å². The highest BCUT2D eigenvalue weighted by atomic mass is 35.5. The van der Waals surface area contributed by atoms with Crippen LogP contribution in [0.25, 0.3) is 0 Å². The molecule has 0 aliphatic carbocycles. The monoisotopic (exact) mass is 238 g/mol. The molecular formula is C9H7ClN4O2. The van der Waals surface area contributed by atoms with Gasteiger partial charge < -0.3 is 15.3 Å². The molecule has 1 amide bonds. The number of carbonyl (C=O) groups is 1. The lowest BCUT2D eigenvalue weighted by atomic mass is 10.4. The predicted molar refractivity (Wildman–Crippen MR) is 58.6 cm³/mol. The molecule has 0 radical (unpaired) electrons. The van der Waals surface area contributed by atoms with Gasteiger partial charge in [0.1, 0.15) is 16.7 Å². The Kier molecular flexibility index (Phi) is 2.74. The van der Waals surface area contributed by atoms with E-state index in [9.17, 15) is 9.59 Å². The van der Waals surface area contributed by atoms with Gasteiger partial charge in [-0.25, -0.2) is 9.78 Å². The molecule has 3 N–H and O–H groups in total. The second-order valence-electron chi connectivity index (χ2n) is 2.96. The van der Waals surface area contributed by atoms with E-state index in [-0.39, 0.29) is 10.8 Å². The second kappa shape index (κ2) is 4.19. The summed E-state index contributed by atoms with van der Waals surface area (Å²) < 4.78 is 0. The van der Waals surface area contributed by atoms with Crippen molar-refractivity contribution in [3.05, 3.63) is 45.7 Å². The number of pyridine rings is 1. The Morgan fingerprint density at radius 3 is 2.88 bits per heavy atom. The number of hydrogen-bond donors (Lipinski definition) is 3. The van der Waals surface area contributed by atoms with Crippen LogP contribution in [0.3, 0.4) is 0 Å². The molecule has 2 heterocycles. The molecule has 0 aliphatic heterocycles. The summed E-state index contributed by atoms with van der Waals surface area (Å²) in [5, 5.41) is 2.77. The molecule has 7 heteroatoms. The molecule has 6 nitrogen and oxygen atoms in total. The molecule has 2 rings (SSSR count). The third-order valence-electron chi connectivity index (χ3n) is 1.80. The first-order valence-corrected chi connectivity index (χ1v) is 4.74. The van der Waals surface area contributed by atoms with Crippen molar-refractivity contribution in [2.24, 2.45) is 0 Å². The predicted octanol–water partition coefficient (Wildman–Crippen LogP) is 1.00. The van der Waals surface area contributed by atoms with Crippen LogP contribution < -0.4 is 11.0 Å². The number of H-pyrrole nitrogens is 2. The lowest BCUT2D eigenvalue weighted by Crippen LogP contribution is -2.14. The van der Waals surface area contributed by atoms with Gasteiger partial charge in [-0.2, -0.15) is 0 Å². The number of aromatic nitrogens is 3. The first-order chi connectivity index (χ1) is 7.65. The highest BCUT2D eigenvalue weighted by Crippen LogP contribution is 2.09. The van der Waals surface area contributed by atoms with Crippen LogP contribution in [0, 0.1) is 0 Å². The summed E-state index contributed by atoms with van der Waals surface area (Å²) in [7, 11) is 0. The Bertz CT molecular complexity index is 575. The number of carbonyl (C=O) groups excluding carboxylic acids is 1. The number of nitrogens with one attached hydrogen (secondary N) is 3. The van der Waals surface area contributed by atoms with Gasteiger partial charge in [-0.05, 0) is 12.1 Å². The normalized spacial score (nSPS) is 10.1. The van der Waals surface area contributed by atoms with Crippen molar-refractivity contribution >= 4 is 23.3 Å². The Morgan fingerprint density at radius 2 is 2.25 bits per heavy atom. The van der Waals surface area contributed by atoms with E-state index < -0.39 is 11.6 Å². The molecule has 16 heavy (non-hydrogen) atoms. The minimum absolute atomic E-state index is 0.131. The summed E-state index contributed by atoms with van der Waals surface area (Å²) in [4.78, 5) is 30.9. The maximum absolute atomic E-state index is 11.6. The van der Waals surface area contributed by atoms with E-state index >= 15 is 0 Å². The van der Waals surface area contributed by atoms with E-state index in [2.05, 4.69) is 20.3 Å². The van der Waals surface area contributed by atoms with Crippen molar-refractivity contribution < 1.29 is 4.79 Å². The maximum atomic E-state index is 11.6. The minimum atomic E-state index is -0.465. The minimum Gasteiger partial charge on any atom is -0.312 e. The molecule has 0 saturated carbocycles. The fourth-order valence-electron chi connectivity index (χ4n) is 1.12. The largest absolute Gasteiger partial charge is 0.323 e. The van der Waals surface area contributed by atoms with E-state index in [0.717, 1.165) is 0 Å². The van der Waals surface area contributed by atoms with Crippen molar-refractivity contribution in [3.8, 4) is 0 Å². The van der Waals surface area contributed by atoms with E-state index in [1.165, 1.54) is 6.20 Å². The van der Waals surface area contributed by atoms with E-state index in [1.54, 1.807) is 18.2 Å². The van der Waals surface area contributed by atoms with Gasteiger partial charge in [0, 0.05) is 6.20 Å². The van der Waals surface area contributed by atoms with E-state index in [1.807, 2.05) is 0 Å². The average Bonchev–Trinajstić information content (AvgIpc) is 2.65. The van der Waals surface area contributed by atoms with Crippen molar-refractivity contribution in [2.45, 2.75) is 0 Å². The van der Waals surface area contributed by atoms with Crippen molar-refractivity contribution in [1.82, 2.24) is 15.0 Å². The molecule has 0 aliphatic rings. The van der Waals surface area contributed by atoms with Crippen LogP contribution in [0.2, 0.25) is 5.15 Å². The van der Waals surface area contributed by atoms with Crippen LogP contribution in [0.4, 0.5) is 5.82 Å². The molecule has 0 saturated heterocycles. The van der Waals surface area contributed by atoms with E-state index in [0.29, 0.717) is 5.82 Å². The van der Waals surface area contributed by atoms with Gasteiger partial charge in [0.25, 0.3) is 5.91 Å². The zero-order valence-corrected chi connectivity index (χ0v) is 8.71. The quantitative estimate of drug-likeness (QED) is 0.682. The summed E-state index contributed by atoms with van der Waals surface area (Å²) in [5.74, 6) is -0.146. The summed E-state index contributed by atoms with van der Waals surface area (Å²) in [6, 6.07) is 4.84. The Hall–Kier alpha value is -2.08. The van der Waals surface area contributed by atoms with Gasteiger partial charge in [0.05, 0.1) is 0 Å². The van der Waals surface area contributed by atoms with Gasteiger partial charge in [0.2, 0.25) is 0 Å². The van der Waals surface area contributed by atoms with Crippen LogP contribution in [0.5, 0.6) is 0 Å². The van der Waals surface area contributed by atoms with Gasteiger partial charge >= 0.3 is 5.69 Å². The van der Waals surface area contributed by atoms with Crippen LogP contribution in [0.1, 0.15) is 10.5 Å². The Morgan fingerprint density at radius 1 is 1.44 bits per heavy atom. The fourth-order valence-corrected chi connectivity index (χ4v) is 1.28. The first-order valence-electron chi connectivity index (χ1n) is 4.37. The molecule has 0 bridgehead atoms. The summed E-state index contributed by atoms with van der Waals surface area (Å²) in [6.45, 7) is 0. The lowest BCUT2D eigenvalue weighted by Gasteiger charge is -2.01. The maximum Gasteiger partial charge on any atom is 0.323 e. The van der Waals surface area contributed by atoms with Crippen LogP contribution in [0.15, 0.2) is 29.2 Å². The summed E-state index contributed by atoms with van der Waals surface area (Å²) in [6.07, 6.45) is 1.28. The Balaban J connectivity index is 2.16. The fraction of sp³-hybridized carbons (Fsp3) is 0. The number of imidazole rings is 1. The molecule has 2 aromatic heterocycles. The summed E-state index contributed by atoms with van der Waals surface area (Å²) in [5.41, 5.74) is -0.309. The van der Waals surface area contributed by atoms with Crippen molar-refractivity contribution in [1.29, 1.82) is 0 Å². The molecular weight excluding hydrogens is 232 g/mol. The molecule has 0 fully saturated rings. The SMILES string of the molecule is O=C(Nc1cccc(Cl)n1)c1c[nH]c(=O)[nH]1. The molecule has 0 spiro atoms.